The van der Waals surface area contributed by atoms with Gasteiger partial charge >= 0.3 is 0 Å². The number of piperazine rings is 1. The molecular formula is C28H41N3O5. The van der Waals surface area contributed by atoms with E-state index in [0.717, 1.165) is 62.1 Å². The van der Waals surface area contributed by atoms with Gasteiger partial charge in [0.2, 0.25) is 11.8 Å². The van der Waals surface area contributed by atoms with Gasteiger partial charge in [-0.05, 0) is 44.1 Å². The molecule has 8 heteroatoms. The summed E-state index contributed by atoms with van der Waals surface area (Å²) >= 11 is 0. The highest BCUT2D eigenvalue weighted by molar-refractivity contribution is 6.00. The van der Waals surface area contributed by atoms with Crippen molar-refractivity contribution in [3.63, 3.8) is 0 Å². The molecule has 5 rings (SSSR count). The van der Waals surface area contributed by atoms with Gasteiger partial charge < -0.3 is 24.8 Å². The van der Waals surface area contributed by atoms with Gasteiger partial charge in [-0.2, -0.15) is 0 Å². The van der Waals surface area contributed by atoms with Crippen molar-refractivity contribution in [1.82, 2.24) is 15.1 Å². The Kier molecular flexibility index (Phi) is 7.72. The highest BCUT2D eigenvalue weighted by Crippen LogP contribution is 2.38. The third-order valence-electron chi connectivity index (χ3n) is 8.69. The van der Waals surface area contributed by atoms with Gasteiger partial charge in [0.05, 0.1) is 6.10 Å². The zero-order chi connectivity index (χ0) is 25.1. The van der Waals surface area contributed by atoms with Gasteiger partial charge in [-0.25, -0.2) is 0 Å². The lowest BCUT2D eigenvalue weighted by Crippen LogP contribution is -2.75. The fraction of sp³-hybridized carbons (Fsp3) is 0.714. The van der Waals surface area contributed by atoms with Crippen LogP contribution in [0.5, 0.6) is 11.5 Å². The first-order valence-corrected chi connectivity index (χ1v) is 13.9. The summed E-state index contributed by atoms with van der Waals surface area (Å²) in [5, 5.41) is 14.1. The first kappa shape index (κ1) is 25.3. The van der Waals surface area contributed by atoms with Crippen molar-refractivity contribution in [2.45, 2.75) is 88.9 Å². The van der Waals surface area contributed by atoms with Crippen LogP contribution in [0, 0.1) is 5.92 Å². The van der Waals surface area contributed by atoms with Crippen molar-refractivity contribution in [2.75, 3.05) is 32.8 Å². The van der Waals surface area contributed by atoms with Crippen LogP contribution in [0.1, 0.15) is 70.3 Å². The minimum Gasteiger partial charge on any atom is -0.486 e. The van der Waals surface area contributed by atoms with Crippen LogP contribution in [0.3, 0.4) is 0 Å². The second-order valence-electron chi connectivity index (χ2n) is 10.9. The number of benzene rings is 1. The lowest BCUT2D eigenvalue weighted by atomic mass is 9.78. The molecule has 4 aliphatic rings. The molecule has 1 spiro atoms. The summed E-state index contributed by atoms with van der Waals surface area (Å²) in [7, 11) is 0. The smallest absolute Gasteiger partial charge is 0.248 e. The molecule has 2 atom stereocenters. The molecule has 1 aromatic rings. The first-order chi connectivity index (χ1) is 17.5. The van der Waals surface area contributed by atoms with Crippen molar-refractivity contribution < 1.29 is 24.2 Å². The molecule has 0 unspecified atom stereocenters. The average Bonchev–Trinajstić information content (AvgIpc) is 2.92. The first-order valence-electron chi connectivity index (χ1n) is 13.9. The third kappa shape index (κ3) is 4.82. The quantitative estimate of drug-likeness (QED) is 0.600. The van der Waals surface area contributed by atoms with E-state index >= 15 is 0 Å². The molecule has 1 aliphatic carbocycles. The van der Waals surface area contributed by atoms with Gasteiger partial charge in [-0.15, -0.1) is 0 Å². The Bertz CT molecular complexity index is 939. The molecule has 0 bridgehead atoms. The minimum absolute atomic E-state index is 0.0833. The molecule has 2 amide bonds. The topological polar surface area (TPSA) is 91.3 Å². The number of fused-ring (bicyclic) bond motifs is 1. The van der Waals surface area contributed by atoms with Gasteiger partial charge in [0.1, 0.15) is 24.8 Å². The molecule has 3 heterocycles. The van der Waals surface area contributed by atoms with Crippen molar-refractivity contribution >= 4 is 11.8 Å². The average molecular weight is 500 g/mol. The number of likely N-dealkylation sites (tertiary alicyclic amines) is 1. The van der Waals surface area contributed by atoms with E-state index in [1.54, 1.807) is 0 Å². The maximum Gasteiger partial charge on any atom is 0.248 e. The van der Waals surface area contributed by atoms with E-state index in [1.807, 2.05) is 17.0 Å². The molecule has 0 radical (unpaired) electrons. The van der Waals surface area contributed by atoms with Crippen LogP contribution in [0.2, 0.25) is 0 Å². The van der Waals surface area contributed by atoms with E-state index in [9.17, 15) is 14.7 Å². The SMILES string of the molecule is CCCCN1C(=O)[C@@H]([C@H](O)C2CCCCC2)NC(=O)C12CCN(Cc1cccc3c1OCCO3)CC2. The van der Waals surface area contributed by atoms with E-state index < -0.39 is 17.7 Å². The Morgan fingerprint density at radius 3 is 2.61 bits per heavy atom. The second kappa shape index (κ2) is 11.0. The van der Waals surface area contributed by atoms with E-state index in [4.69, 9.17) is 9.47 Å². The molecule has 1 aromatic carbocycles. The number of carbonyl (C=O) groups is 2. The van der Waals surface area contributed by atoms with Crippen LogP contribution in [0.4, 0.5) is 0 Å². The van der Waals surface area contributed by atoms with Crippen LogP contribution >= 0.6 is 0 Å². The maximum atomic E-state index is 13.8. The van der Waals surface area contributed by atoms with Crippen LogP contribution in [0.25, 0.3) is 0 Å². The summed E-state index contributed by atoms with van der Waals surface area (Å²) in [4.78, 5) is 31.6. The standard InChI is InChI=1S/C28H41N3O5/c1-2-3-14-31-26(33)23(24(32)20-8-5-4-6-9-20)29-27(34)28(31)12-15-30(16-13-28)19-21-10-7-11-22-25(21)36-18-17-35-22/h7,10-11,20,23-24,32H,2-6,8-9,12-19H2,1H3,(H,29,34)/t23-,24-/m1/s1. The van der Waals surface area contributed by atoms with Gasteiger partial charge in [-0.1, -0.05) is 44.7 Å². The van der Waals surface area contributed by atoms with Crippen LogP contribution in [-0.4, -0.2) is 77.3 Å². The Morgan fingerprint density at radius 2 is 1.86 bits per heavy atom. The van der Waals surface area contributed by atoms with E-state index in [1.165, 1.54) is 6.42 Å². The number of piperidine rings is 1. The summed E-state index contributed by atoms with van der Waals surface area (Å²) in [6.45, 7) is 5.92. The van der Waals surface area contributed by atoms with Gasteiger partial charge in [0.15, 0.2) is 11.5 Å². The summed E-state index contributed by atoms with van der Waals surface area (Å²) in [5.41, 5.74) is 0.257. The molecular weight excluding hydrogens is 458 g/mol. The van der Waals surface area contributed by atoms with Crippen molar-refractivity contribution in [1.29, 1.82) is 0 Å². The van der Waals surface area contributed by atoms with Gasteiger partial charge in [0.25, 0.3) is 0 Å². The zero-order valence-corrected chi connectivity index (χ0v) is 21.5. The zero-order valence-electron chi connectivity index (χ0n) is 21.5. The number of aliphatic hydroxyl groups excluding tert-OH is 1. The fourth-order valence-electron chi connectivity index (χ4n) is 6.54. The van der Waals surface area contributed by atoms with Crippen molar-refractivity contribution in [3.8, 4) is 11.5 Å². The highest BCUT2D eigenvalue weighted by Gasteiger charge is 2.55. The van der Waals surface area contributed by atoms with Crippen molar-refractivity contribution in [2.24, 2.45) is 5.92 Å². The molecule has 2 N–H and O–H groups in total. The maximum absolute atomic E-state index is 13.8. The predicted molar refractivity (Wildman–Crippen MR) is 136 cm³/mol. The molecule has 3 aliphatic heterocycles. The lowest BCUT2D eigenvalue weighted by Gasteiger charge is -2.52. The Labute approximate surface area is 214 Å². The van der Waals surface area contributed by atoms with E-state index in [0.29, 0.717) is 45.7 Å². The van der Waals surface area contributed by atoms with E-state index in [2.05, 4.69) is 23.2 Å². The molecule has 1 saturated carbocycles. The number of nitrogens with one attached hydrogen (secondary N) is 1. The normalized spacial score (nSPS) is 25.6. The number of carbonyl (C=O) groups excluding carboxylic acids is 2. The molecule has 3 fully saturated rings. The molecule has 36 heavy (non-hydrogen) atoms. The predicted octanol–water partition coefficient (Wildman–Crippen LogP) is 2.86. The number of aliphatic hydroxyl groups is 1. The number of ether oxygens (including phenoxy) is 2. The third-order valence-corrected chi connectivity index (χ3v) is 8.69. The summed E-state index contributed by atoms with van der Waals surface area (Å²) < 4.78 is 11.6. The minimum atomic E-state index is -0.832. The Balaban J connectivity index is 1.29. The van der Waals surface area contributed by atoms with E-state index in [-0.39, 0.29) is 17.7 Å². The van der Waals surface area contributed by atoms with Crippen LogP contribution < -0.4 is 14.8 Å². The van der Waals surface area contributed by atoms with Gasteiger partial charge in [0, 0.05) is 31.7 Å². The molecule has 198 valence electrons. The van der Waals surface area contributed by atoms with Crippen LogP contribution in [0.15, 0.2) is 18.2 Å². The molecule has 0 aromatic heterocycles. The number of rotatable bonds is 7. The number of hydrogen-bond donors (Lipinski definition) is 2. The lowest BCUT2D eigenvalue weighted by molar-refractivity contribution is -0.166. The number of hydrogen-bond acceptors (Lipinski definition) is 6. The monoisotopic (exact) mass is 499 g/mol. The second-order valence-corrected chi connectivity index (χ2v) is 10.9. The van der Waals surface area contributed by atoms with Crippen LogP contribution in [-0.2, 0) is 16.1 Å². The highest BCUT2D eigenvalue weighted by atomic mass is 16.6. The number of amides is 2. The van der Waals surface area contributed by atoms with Gasteiger partial charge in [-0.3, -0.25) is 14.5 Å². The Hall–Kier alpha value is -2.32. The molecule has 2 saturated heterocycles. The Morgan fingerprint density at radius 1 is 1.11 bits per heavy atom. The number of nitrogens with zero attached hydrogens (tertiary/aromatic N) is 2. The van der Waals surface area contributed by atoms with Crippen molar-refractivity contribution in [3.05, 3.63) is 23.8 Å². The summed E-state index contributed by atoms with van der Waals surface area (Å²) in [6, 6.07) is 5.17. The largest absolute Gasteiger partial charge is 0.486 e. The number of unbranched alkanes of at least 4 members (excludes halogenated alkanes) is 1. The fourth-order valence-corrected chi connectivity index (χ4v) is 6.54. The summed E-state index contributed by atoms with van der Waals surface area (Å²) in [5.74, 6) is 1.50. The number of para-hydroxylation sites is 1. The molecule has 8 nitrogen and oxygen atoms in total. The summed E-state index contributed by atoms with van der Waals surface area (Å²) in [6.07, 6.45) is 7.36.